The maximum absolute atomic E-state index is 12.9. The van der Waals surface area contributed by atoms with Crippen molar-refractivity contribution in [2.75, 3.05) is 12.3 Å². The number of amides is 1. The summed E-state index contributed by atoms with van der Waals surface area (Å²) in [5.74, 6) is 0.230. The maximum Gasteiger partial charge on any atom is 0.223 e. The van der Waals surface area contributed by atoms with Gasteiger partial charge in [-0.2, -0.15) is 5.26 Å². The van der Waals surface area contributed by atoms with Crippen molar-refractivity contribution in [1.82, 2.24) is 10.3 Å². The molecule has 2 heterocycles. The van der Waals surface area contributed by atoms with Crippen molar-refractivity contribution < 1.29 is 9.53 Å². The number of hydrogen-bond donors (Lipinski definition) is 2. The number of pyridine rings is 1. The molecule has 3 N–H and O–H groups in total. The standard InChI is InChI=1S/C27H30N4O2/c1-17(26(32)30-22-10-11-33-27(2,3)15-22)12-21-14-20-13-18(8-9-24(20)31-25(21)29)23-7-5-4-6-19(23)16-28/h4-9,13-14,17,22H,10-12,15H2,1-3H3,(H2,29,31)(H,30,32). The lowest BCUT2D eigenvalue weighted by Gasteiger charge is -2.36. The smallest absolute Gasteiger partial charge is 0.223 e. The summed E-state index contributed by atoms with van der Waals surface area (Å²) < 4.78 is 5.75. The minimum Gasteiger partial charge on any atom is -0.383 e. The Balaban J connectivity index is 1.54. The van der Waals surface area contributed by atoms with Crippen LogP contribution < -0.4 is 11.1 Å². The van der Waals surface area contributed by atoms with E-state index in [0.29, 0.717) is 24.4 Å². The van der Waals surface area contributed by atoms with Crippen molar-refractivity contribution >= 4 is 22.6 Å². The molecule has 2 unspecified atom stereocenters. The summed E-state index contributed by atoms with van der Waals surface area (Å²) >= 11 is 0. The molecule has 4 rings (SSSR count). The Kier molecular flexibility index (Phi) is 6.35. The number of nitrogens with zero attached hydrogens (tertiary/aromatic N) is 2. The predicted molar refractivity (Wildman–Crippen MR) is 130 cm³/mol. The molecule has 33 heavy (non-hydrogen) atoms. The van der Waals surface area contributed by atoms with Crippen LogP contribution in [0.5, 0.6) is 0 Å². The lowest BCUT2D eigenvalue weighted by atomic mass is 9.92. The molecule has 1 aliphatic heterocycles. The largest absolute Gasteiger partial charge is 0.383 e. The molecule has 170 valence electrons. The summed E-state index contributed by atoms with van der Waals surface area (Å²) in [7, 11) is 0. The molecule has 1 amide bonds. The van der Waals surface area contributed by atoms with E-state index in [1.807, 2.05) is 55.5 Å². The van der Waals surface area contributed by atoms with E-state index in [0.717, 1.165) is 40.4 Å². The number of ether oxygens (including phenoxy) is 1. The average molecular weight is 443 g/mol. The molecule has 1 fully saturated rings. The third-order valence-corrected chi connectivity index (χ3v) is 6.30. The normalized spacial score (nSPS) is 18.4. The van der Waals surface area contributed by atoms with Crippen LogP contribution in [0.3, 0.4) is 0 Å². The van der Waals surface area contributed by atoms with Gasteiger partial charge in [-0.1, -0.05) is 31.2 Å². The molecule has 2 atom stereocenters. The van der Waals surface area contributed by atoms with Crippen molar-refractivity contribution in [3.05, 3.63) is 59.7 Å². The van der Waals surface area contributed by atoms with Gasteiger partial charge in [-0.25, -0.2) is 4.98 Å². The Hall–Kier alpha value is -3.43. The highest BCUT2D eigenvalue weighted by molar-refractivity contribution is 5.88. The molecule has 1 saturated heterocycles. The van der Waals surface area contributed by atoms with Crippen molar-refractivity contribution in [1.29, 1.82) is 5.26 Å². The number of aromatic nitrogens is 1. The first-order valence-corrected chi connectivity index (χ1v) is 11.4. The summed E-state index contributed by atoms with van der Waals surface area (Å²) in [4.78, 5) is 17.4. The summed E-state index contributed by atoms with van der Waals surface area (Å²) in [6, 6.07) is 17.8. The number of benzene rings is 2. The molecule has 1 aromatic heterocycles. The topological polar surface area (TPSA) is 101 Å². The maximum atomic E-state index is 12.9. The summed E-state index contributed by atoms with van der Waals surface area (Å²) in [6.07, 6.45) is 2.14. The molecular weight excluding hydrogens is 412 g/mol. The molecule has 3 aromatic rings. The number of nitriles is 1. The number of fused-ring (bicyclic) bond motifs is 1. The minimum absolute atomic E-state index is 0.0221. The minimum atomic E-state index is -0.236. The van der Waals surface area contributed by atoms with Crippen LogP contribution in [0.1, 0.15) is 44.7 Å². The van der Waals surface area contributed by atoms with E-state index in [-0.39, 0.29) is 23.5 Å². The van der Waals surface area contributed by atoms with Gasteiger partial charge < -0.3 is 15.8 Å². The van der Waals surface area contributed by atoms with Gasteiger partial charge in [0.1, 0.15) is 5.82 Å². The lowest BCUT2D eigenvalue weighted by Crippen LogP contribution is -2.47. The SMILES string of the molecule is CC(Cc1cc2cc(-c3ccccc3C#N)ccc2nc1N)C(=O)NC1CCOC(C)(C)C1. The average Bonchev–Trinajstić information content (AvgIpc) is 2.78. The Morgan fingerprint density at radius 3 is 2.85 bits per heavy atom. The zero-order chi connectivity index (χ0) is 23.6. The first-order chi connectivity index (χ1) is 15.8. The number of hydrogen-bond acceptors (Lipinski definition) is 5. The van der Waals surface area contributed by atoms with Crippen LogP contribution in [0.15, 0.2) is 48.5 Å². The number of rotatable bonds is 5. The van der Waals surface area contributed by atoms with E-state index in [1.54, 1.807) is 0 Å². The highest BCUT2D eigenvalue weighted by Crippen LogP contribution is 2.29. The summed E-state index contributed by atoms with van der Waals surface area (Å²) in [5.41, 5.74) is 10.1. The second-order valence-electron chi connectivity index (χ2n) is 9.51. The van der Waals surface area contributed by atoms with Gasteiger partial charge in [0.25, 0.3) is 0 Å². The van der Waals surface area contributed by atoms with Gasteiger partial charge in [0.2, 0.25) is 5.91 Å². The molecule has 0 spiro atoms. The number of carbonyl (C=O) groups excluding carboxylic acids is 1. The monoisotopic (exact) mass is 442 g/mol. The number of carbonyl (C=O) groups is 1. The number of nitrogens with one attached hydrogen (secondary N) is 1. The molecular formula is C27H30N4O2. The van der Waals surface area contributed by atoms with E-state index in [9.17, 15) is 10.1 Å². The Morgan fingerprint density at radius 1 is 1.30 bits per heavy atom. The fraction of sp³-hybridized carbons (Fsp3) is 0.370. The van der Waals surface area contributed by atoms with Crippen molar-refractivity contribution in [3.63, 3.8) is 0 Å². The second-order valence-corrected chi connectivity index (χ2v) is 9.51. The molecule has 6 heteroatoms. The van der Waals surface area contributed by atoms with E-state index >= 15 is 0 Å². The Labute approximate surface area is 194 Å². The Morgan fingerprint density at radius 2 is 2.09 bits per heavy atom. The van der Waals surface area contributed by atoms with Crippen LogP contribution >= 0.6 is 0 Å². The fourth-order valence-electron chi connectivity index (χ4n) is 4.52. The first kappa shape index (κ1) is 22.8. The van der Waals surface area contributed by atoms with E-state index in [2.05, 4.69) is 30.2 Å². The number of nitrogen functional groups attached to an aromatic ring is 1. The number of nitrogens with two attached hydrogens (primary N) is 1. The lowest BCUT2D eigenvalue weighted by molar-refractivity contribution is -0.127. The highest BCUT2D eigenvalue weighted by atomic mass is 16.5. The van der Waals surface area contributed by atoms with Gasteiger partial charge in [-0.15, -0.1) is 0 Å². The van der Waals surface area contributed by atoms with Crippen LogP contribution in [0.4, 0.5) is 5.82 Å². The van der Waals surface area contributed by atoms with Gasteiger partial charge in [0.05, 0.1) is 22.8 Å². The quantitative estimate of drug-likeness (QED) is 0.601. The van der Waals surface area contributed by atoms with Crippen LogP contribution in [-0.2, 0) is 16.0 Å². The molecule has 1 aliphatic rings. The van der Waals surface area contributed by atoms with Crippen LogP contribution in [0.25, 0.3) is 22.0 Å². The van der Waals surface area contributed by atoms with Crippen LogP contribution in [0.2, 0.25) is 0 Å². The third kappa shape index (κ3) is 5.15. The molecule has 6 nitrogen and oxygen atoms in total. The predicted octanol–water partition coefficient (Wildman–Crippen LogP) is 4.61. The molecule has 0 radical (unpaired) electrons. The second kappa shape index (κ2) is 9.21. The van der Waals surface area contributed by atoms with Gasteiger partial charge in [0, 0.05) is 24.0 Å². The van der Waals surface area contributed by atoms with Crippen molar-refractivity contribution in [2.45, 2.75) is 51.7 Å². The van der Waals surface area contributed by atoms with Crippen LogP contribution in [0, 0.1) is 17.2 Å². The van der Waals surface area contributed by atoms with Crippen molar-refractivity contribution in [3.8, 4) is 17.2 Å². The Bertz CT molecular complexity index is 1230. The molecule has 0 aliphatic carbocycles. The molecule has 0 saturated carbocycles. The summed E-state index contributed by atoms with van der Waals surface area (Å²) in [5, 5.41) is 13.6. The van der Waals surface area contributed by atoms with Gasteiger partial charge in [0.15, 0.2) is 0 Å². The first-order valence-electron chi connectivity index (χ1n) is 11.4. The molecule has 2 aromatic carbocycles. The van der Waals surface area contributed by atoms with Gasteiger partial charge in [-0.3, -0.25) is 4.79 Å². The fourth-order valence-corrected chi connectivity index (χ4v) is 4.52. The third-order valence-electron chi connectivity index (χ3n) is 6.30. The van der Waals surface area contributed by atoms with E-state index in [4.69, 9.17) is 10.5 Å². The van der Waals surface area contributed by atoms with Crippen molar-refractivity contribution in [2.24, 2.45) is 5.92 Å². The number of anilines is 1. The zero-order valence-electron chi connectivity index (χ0n) is 19.4. The molecule has 0 bridgehead atoms. The van der Waals surface area contributed by atoms with E-state index < -0.39 is 0 Å². The summed E-state index contributed by atoms with van der Waals surface area (Å²) in [6.45, 7) is 6.69. The van der Waals surface area contributed by atoms with Crippen LogP contribution in [-0.4, -0.2) is 29.1 Å². The van der Waals surface area contributed by atoms with E-state index in [1.165, 1.54) is 0 Å². The highest BCUT2D eigenvalue weighted by Gasteiger charge is 2.30. The van der Waals surface area contributed by atoms with Gasteiger partial charge in [-0.05, 0) is 74.1 Å². The van der Waals surface area contributed by atoms with Gasteiger partial charge >= 0.3 is 0 Å². The zero-order valence-corrected chi connectivity index (χ0v) is 19.4.